The van der Waals surface area contributed by atoms with Crippen LogP contribution in [0.3, 0.4) is 0 Å². The van der Waals surface area contributed by atoms with E-state index in [1.807, 2.05) is 6.07 Å². The van der Waals surface area contributed by atoms with E-state index in [1.165, 1.54) is 32.6 Å². The molecule has 1 aliphatic carbocycles. The van der Waals surface area contributed by atoms with Gasteiger partial charge in [-0.1, -0.05) is 12.8 Å². The maximum absolute atomic E-state index is 12.4. The van der Waals surface area contributed by atoms with Crippen LogP contribution in [0, 0.1) is 0 Å². The number of nitrogens with one attached hydrogen (secondary N) is 2. The third-order valence-corrected chi connectivity index (χ3v) is 4.27. The van der Waals surface area contributed by atoms with Crippen molar-refractivity contribution >= 4 is 23.1 Å². The maximum atomic E-state index is 12.4. The third kappa shape index (κ3) is 3.98. The van der Waals surface area contributed by atoms with Crippen LogP contribution in [0.2, 0.25) is 0 Å². The van der Waals surface area contributed by atoms with Gasteiger partial charge in [-0.3, -0.25) is 14.6 Å². The number of hydrogen-bond donors (Lipinski definition) is 2. The predicted molar refractivity (Wildman–Crippen MR) is 94.5 cm³/mol. The van der Waals surface area contributed by atoms with Crippen LogP contribution in [0.5, 0.6) is 0 Å². The fourth-order valence-corrected chi connectivity index (χ4v) is 2.93. The van der Waals surface area contributed by atoms with Crippen LogP contribution in [0.25, 0.3) is 0 Å². The molecule has 2 N–H and O–H groups in total. The molecule has 0 atom stereocenters. The lowest BCUT2D eigenvalue weighted by Crippen LogP contribution is -2.17. The van der Waals surface area contributed by atoms with Crippen LogP contribution in [0.1, 0.15) is 53.5 Å². The number of ketones is 1. The zero-order valence-corrected chi connectivity index (χ0v) is 13.7. The second kappa shape index (κ2) is 7.25. The highest BCUT2D eigenvalue weighted by molar-refractivity contribution is 6.03. The summed E-state index contributed by atoms with van der Waals surface area (Å²) >= 11 is 0. The summed E-state index contributed by atoms with van der Waals surface area (Å²) in [5.74, 6) is -0.263. The molecular formula is C19H21N3O2. The van der Waals surface area contributed by atoms with Crippen molar-refractivity contribution in [3.63, 3.8) is 0 Å². The first-order valence-corrected chi connectivity index (χ1v) is 8.27. The van der Waals surface area contributed by atoms with Crippen molar-refractivity contribution in [3.8, 4) is 0 Å². The number of hydrogen-bond acceptors (Lipinski definition) is 4. The summed E-state index contributed by atoms with van der Waals surface area (Å²) in [6.45, 7) is 1.51. The molecule has 0 spiro atoms. The number of anilines is 2. The van der Waals surface area contributed by atoms with Gasteiger partial charge in [0.2, 0.25) is 0 Å². The van der Waals surface area contributed by atoms with E-state index in [-0.39, 0.29) is 11.7 Å². The molecule has 24 heavy (non-hydrogen) atoms. The average molecular weight is 323 g/mol. The van der Waals surface area contributed by atoms with E-state index in [0.29, 0.717) is 23.0 Å². The number of nitrogens with zero attached hydrogens (tertiary/aromatic N) is 1. The molecule has 1 amide bonds. The summed E-state index contributed by atoms with van der Waals surface area (Å²) in [6, 6.07) is 11.0. The lowest BCUT2D eigenvalue weighted by Gasteiger charge is -2.14. The Morgan fingerprint density at radius 3 is 2.42 bits per heavy atom. The molecule has 0 radical (unpaired) electrons. The van der Waals surface area contributed by atoms with Gasteiger partial charge in [0.25, 0.3) is 5.91 Å². The minimum absolute atomic E-state index is 0.000214. The molecule has 2 aromatic rings. The molecule has 1 saturated carbocycles. The Labute approximate surface area is 141 Å². The second-order valence-corrected chi connectivity index (χ2v) is 6.14. The van der Waals surface area contributed by atoms with Crippen LogP contribution in [0.15, 0.2) is 42.6 Å². The number of aromatic nitrogens is 1. The van der Waals surface area contributed by atoms with E-state index in [2.05, 4.69) is 15.6 Å². The number of amides is 1. The predicted octanol–water partition coefficient (Wildman–Crippen LogP) is 3.89. The molecule has 0 bridgehead atoms. The van der Waals surface area contributed by atoms with Gasteiger partial charge in [0.1, 0.15) is 5.69 Å². The van der Waals surface area contributed by atoms with Crippen molar-refractivity contribution in [2.24, 2.45) is 0 Å². The minimum Gasteiger partial charge on any atom is -0.382 e. The highest BCUT2D eigenvalue weighted by Gasteiger charge is 2.15. The van der Waals surface area contributed by atoms with Crippen LogP contribution in [0.4, 0.5) is 11.4 Å². The molecule has 124 valence electrons. The van der Waals surface area contributed by atoms with Crippen LogP contribution in [-0.4, -0.2) is 22.7 Å². The highest BCUT2D eigenvalue weighted by Crippen LogP contribution is 2.22. The number of benzene rings is 1. The monoisotopic (exact) mass is 323 g/mol. The lowest BCUT2D eigenvalue weighted by molar-refractivity contribution is 0.101. The summed E-state index contributed by atoms with van der Waals surface area (Å²) < 4.78 is 0. The van der Waals surface area contributed by atoms with E-state index < -0.39 is 0 Å². The minimum atomic E-state index is -0.263. The number of pyridine rings is 1. The summed E-state index contributed by atoms with van der Waals surface area (Å²) in [6.07, 6.45) is 6.50. The van der Waals surface area contributed by atoms with E-state index in [4.69, 9.17) is 0 Å². The largest absolute Gasteiger partial charge is 0.382 e. The van der Waals surface area contributed by atoms with Gasteiger partial charge in [-0.25, -0.2) is 0 Å². The molecule has 1 aromatic heterocycles. The highest BCUT2D eigenvalue weighted by atomic mass is 16.2. The van der Waals surface area contributed by atoms with E-state index >= 15 is 0 Å². The molecule has 1 heterocycles. The summed E-state index contributed by atoms with van der Waals surface area (Å²) in [5, 5.41) is 6.27. The standard InChI is InChI=1S/C19H21N3O2/c1-13(23)14-6-8-16(9-7-14)22-19(24)18-12-17(10-11-20-18)21-15-4-2-3-5-15/h6-12,15H,2-5H2,1H3,(H,20,21)(H,22,24). The fourth-order valence-electron chi connectivity index (χ4n) is 2.93. The van der Waals surface area contributed by atoms with Gasteiger partial charge in [0.15, 0.2) is 5.78 Å². The average Bonchev–Trinajstić information content (AvgIpc) is 3.08. The van der Waals surface area contributed by atoms with Crippen molar-refractivity contribution in [1.82, 2.24) is 4.98 Å². The molecule has 0 saturated heterocycles. The van der Waals surface area contributed by atoms with Gasteiger partial charge in [0, 0.05) is 29.2 Å². The van der Waals surface area contributed by atoms with Gasteiger partial charge >= 0.3 is 0 Å². The topological polar surface area (TPSA) is 71.1 Å². The van der Waals surface area contributed by atoms with Gasteiger partial charge in [-0.2, -0.15) is 0 Å². The van der Waals surface area contributed by atoms with Crippen molar-refractivity contribution in [2.75, 3.05) is 10.6 Å². The molecule has 1 aromatic carbocycles. The number of rotatable bonds is 5. The molecule has 0 unspecified atom stereocenters. The molecule has 1 aliphatic rings. The Kier molecular flexibility index (Phi) is 4.89. The molecule has 1 fully saturated rings. The molecule has 3 rings (SSSR count). The Morgan fingerprint density at radius 2 is 1.75 bits per heavy atom. The zero-order chi connectivity index (χ0) is 16.9. The van der Waals surface area contributed by atoms with Gasteiger partial charge in [0.05, 0.1) is 0 Å². The smallest absolute Gasteiger partial charge is 0.274 e. The Hall–Kier alpha value is -2.69. The number of carbonyl (C=O) groups excluding carboxylic acids is 2. The second-order valence-electron chi connectivity index (χ2n) is 6.14. The molecule has 5 heteroatoms. The molecule has 5 nitrogen and oxygen atoms in total. The Morgan fingerprint density at radius 1 is 1.04 bits per heavy atom. The first-order chi connectivity index (χ1) is 11.6. The lowest BCUT2D eigenvalue weighted by atomic mass is 10.1. The van der Waals surface area contributed by atoms with Gasteiger partial charge in [-0.05, 0) is 56.2 Å². The van der Waals surface area contributed by atoms with E-state index in [9.17, 15) is 9.59 Å². The first-order valence-electron chi connectivity index (χ1n) is 8.27. The van der Waals surface area contributed by atoms with Crippen molar-refractivity contribution in [3.05, 3.63) is 53.9 Å². The fraction of sp³-hybridized carbons (Fsp3) is 0.316. The Bertz CT molecular complexity index is 735. The maximum Gasteiger partial charge on any atom is 0.274 e. The molecular weight excluding hydrogens is 302 g/mol. The van der Waals surface area contributed by atoms with Gasteiger partial charge < -0.3 is 10.6 Å². The van der Waals surface area contributed by atoms with E-state index in [1.54, 1.807) is 36.5 Å². The first kappa shape index (κ1) is 16.2. The van der Waals surface area contributed by atoms with E-state index in [0.717, 1.165) is 5.69 Å². The normalized spacial score (nSPS) is 14.4. The van der Waals surface area contributed by atoms with Crippen LogP contribution in [-0.2, 0) is 0 Å². The SMILES string of the molecule is CC(=O)c1ccc(NC(=O)c2cc(NC3CCCC3)ccn2)cc1. The summed E-state index contributed by atoms with van der Waals surface area (Å²) in [5.41, 5.74) is 2.55. The van der Waals surface area contributed by atoms with Gasteiger partial charge in [-0.15, -0.1) is 0 Å². The van der Waals surface area contributed by atoms with Crippen molar-refractivity contribution in [2.45, 2.75) is 38.6 Å². The number of carbonyl (C=O) groups is 2. The summed E-state index contributed by atoms with van der Waals surface area (Å²) in [7, 11) is 0. The Balaban J connectivity index is 1.66. The van der Waals surface area contributed by atoms with Crippen LogP contribution >= 0.6 is 0 Å². The molecule has 0 aliphatic heterocycles. The van der Waals surface area contributed by atoms with Crippen LogP contribution < -0.4 is 10.6 Å². The summed E-state index contributed by atoms with van der Waals surface area (Å²) in [4.78, 5) is 27.8. The quantitative estimate of drug-likeness (QED) is 0.819. The van der Waals surface area contributed by atoms with Crippen molar-refractivity contribution in [1.29, 1.82) is 0 Å². The third-order valence-electron chi connectivity index (χ3n) is 4.27. The zero-order valence-electron chi connectivity index (χ0n) is 13.7. The van der Waals surface area contributed by atoms with Crippen molar-refractivity contribution < 1.29 is 9.59 Å². The number of Topliss-reactive ketones (excluding diaryl/α,β-unsaturated/α-hetero) is 1.